The Morgan fingerprint density at radius 3 is 2.54 bits per heavy atom. The number of phenolic OH excluding ortho intramolecular Hbond substituents is 1. The normalized spacial score (nSPS) is 12.7. The molecule has 0 saturated carbocycles. The summed E-state index contributed by atoms with van der Waals surface area (Å²) in [5.41, 5.74) is 1.53. The quantitative estimate of drug-likeness (QED) is 0.398. The van der Waals surface area contributed by atoms with Crippen LogP contribution in [-0.2, 0) is 6.42 Å². The lowest BCUT2D eigenvalue weighted by Crippen LogP contribution is -2.39. The maximum atomic E-state index is 13.9. The minimum Gasteiger partial charge on any atom is -0.508 e. The predicted molar refractivity (Wildman–Crippen MR) is 100 cm³/mol. The lowest BCUT2D eigenvalue weighted by atomic mass is 10.1. The van der Waals surface area contributed by atoms with Crippen LogP contribution in [0.2, 0.25) is 0 Å². The lowest BCUT2D eigenvalue weighted by molar-refractivity contribution is 0.475. The zero-order valence-electron chi connectivity index (χ0n) is 15.1. The fourth-order valence-corrected chi connectivity index (χ4v) is 2.59. The maximum absolute atomic E-state index is 13.9. The summed E-state index contributed by atoms with van der Waals surface area (Å²) in [5, 5.41) is 15.6. The van der Waals surface area contributed by atoms with Crippen LogP contribution in [0.25, 0.3) is 0 Å². The first-order valence-corrected chi connectivity index (χ1v) is 8.77. The van der Waals surface area contributed by atoms with E-state index in [-0.39, 0.29) is 11.8 Å². The van der Waals surface area contributed by atoms with E-state index in [1.54, 1.807) is 19.1 Å². The predicted octanol–water partition coefficient (Wildman–Crippen LogP) is 3.92. The first-order chi connectivity index (χ1) is 12.5. The second kappa shape index (κ2) is 9.75. The number of hydrogen-bond donors (Lipinski definition) is 3. The Morgan fingerprint density at radius 1 is 1.15 bits per heavy atom. The van der Waals surface area contributed by atoms with Crippen LogP contribution < -0.4 is 10.6 Å². The highest BCUT2D eigenvalue weighted by molar-refractivity contribution is 5.80. The Bertz CT molecular complexity index is 732. The van der Waals surface area contributed by atoms with Crippen molar-refractivity contribution in [2.75, 3.05) is 13.1 Å². The highest BCUT2D eigenvalue weighted by Gasteiger charge is 2.13. The van der Waals surface area contributed by atoms with Crippen LogP contribution >= 0.6 is 0 Å². The van der Waals surface area contributed by atoms with Crippen LogP contribution in [-0.4, -0.2) is 24.2 Å². The molecule has 0 fully saturated rings. The van der Waals surface area contributed by atoms with Crippen molar-refractivity contribution in [3.05, 3.63) is 65.2 Å². The van der Waals surface area contributed by atoms with E-state index >= 15 is 0 Å². The standard InChI is InChI=1S/C20H25F2N3O/c1-3-23-20(24-12-4-5-15-6-9-17(26)10-7-15)25-14(2)18-11-8-16(21)13-19(18)22/h6-11,13-14,26H,3-5,12H2,1-2H3,(H2,23,24,25). The largest absolute Gasteiger partial charge is 0.508 e. The summed E-state index contributed by atoms with van der Waals surface area (Å²) in [4.78, 5) is 4.51. The number of halogens is 2. The summed E-state index contributed by atoms with van der Waals surface area (Å²) in [5.74, 6) is -0.316. The fraction of sp³-hybridized carbons (Fsp3) is 0.350. The molecule has 3 N–H and O–H groups in total. The average molecular weight is 361 g/mol. The number of aliphatic imine (C=N–C) groups is 1. The smallest absolute Gasteiger partial charge is 0.191 e. The first-order valence-electron chi connectivity index (χ1n) is 8.77. The van der Waals surface area contributed by atoms with Crippen molar-refractivity contribution in [3.63, 3.8) is 0 Å². The van der Waals surface area contributed by atoms with Gasteiger partial charge in [0.05, 0.1) is 6.04 Å². The summed E-state index contributed by atoms with van der Waals surface area (Å²) in [7, 11) is 0. The number of rotatable bonds is 7. The molecule has 0 spiro atoms. The van der Waals surface area contributed by atoms with Crippen LogP contribution in [0.3, 0.4) is 0 Å². The second-order valence-corrected chi connectivity index (χ2v) is 6.06. The maximum Gasteiger partial charge on any atom is 0.191 e. The zero-order chi connectivity index (χ0) is 18.9. The van der Waals surface area contributed by atoms with Crippen molar-refractivity contribution in [1.82, 2.24) is 10.6 Å². The number of benzene rings is 2. The van der Waals surface area contributed by atoms with Crippen LogP contribution in [0.1, 0.15) is 37.4 Å². The SMILES string of the molecule is CCNC(=NCCCc1ccc(O)cc1)NC(C)c1ccc(F)cc1F. The molecule has 0 amide bonds. The molecule has 0 bridgehead atoms. The molecule has 26 heavy (non-hydrogen) atoms. The monoisotopic (exact) mass is 361 g/mol. The van der Waals surface area contributed by atoms with Gasteiger partial charge in [-0.25, -0.2) is 8.78 Å². The highest BCUT2D eigenvalue weighted by Crippen LogP contribution is 2.17. The molecule has 0 saturated heterocycles. The number of aryl methyl sites for hydroxylation is 1. The van der Waals surface area contributed by atoms with Gasteiger partial charge in [-0.15, -0.1) is 0 Å². The minimum atomic E-state index is -0.590. The molecule has 0 aliphatic rings. The Balaban J connectivity index is 1.91. The van der Waals surface area contributed by atoms with Crippen molar-refractivity contribution in [2.45, 2.75) is 32.7 Å². The Kier molecular flexibility index (Phi) is 7.38. The second-order valence-electron chi connectivity index (χ2n) is 6.06. The van der Waals surface area contributed by atoms with Crippen molar-refractivity contribution >= 4 is 5.96 Å². The molecular weight excluding hydrogens is 336 g/mol. The van der Waals surface area contributed by atoms with Crippen LogP contribution in [0.15, 0.2) is 47.5 Å². The molecule has 2 aromatic carbocycles. The zero-order valence-corrected chi connectivity index (χ0v) is 15.1. The fourth-order valence-electron chi connectivity index (χ4n) is 2.59. The van der Waals surface area contributed by atoms with Crippen LogP contribution in [0.4, 0.5) is 8.78 Å². The van der Waals surface area contributed by atoms with Gasteiger partial charge in [0.25, 0.3) is 0 Å². The summed E-state index contributed by atoms with van der Waals surface area (Å²) >= 11 is 0. The van der Waals surface area contributed by atoms with E-state index in [4.69, 9.17) is 0 Å². The number of guanidine groups is 1. The van der Waals surface area contributed by atoms with E-state index < -0.39 is 11.6 Å². The third kappa shape index (κ3) is 6.02. The molecule has 0 aliphatic heterocycles. The van der Waals surface area contributed by atoms with E-state index in [9.17, 15) is 13.9 Å². The highest BCUT2D eigenvalue weighted by atomic mass is 19.1. The molecule has 0 aromatic heterocycles. The van der Waals surface area contributed by atoms with Crippen LogP contribution in [0.5, 0.6) is 5.75 Å². The number of nitrogens with one attached hydrogen (secondary N) is 2. The lowest BCUT2D eigenvalue weighted by Gasteiger charge is -2.18. The van der Waals surface area contributed by atoms with Gasteiger partial charge in [-0.05, 0) is 50.5 Å². The molecule has 0 aliphatic carbocycles. The van der Waals surface area contributed by atoms with Gasteiger partial charge in [0.15, 0.2) is 5.96 Å². The van der Waals surface area contributed by atoms with Crippen molar-refractivity contribution in [2.24, 2.45) is 4.99 Å². The molecular formula is C20H25F2N3O. The van der Waals surface area contributed by atoms with Crippen molar-refractivity contribution in [1.29, 1.82) is 0 Å². The summed E-state index contributed by atoms with van der Waals surface area (Å²) in [6, 6.07) is 10.4. The van der Waals surface area contributed by atoms with Crippen LogP contribution in [0, 0.1) is 11.6 Å². The Morgan fingerprint density at radius 2 is 1.88 bits per heavy atom. The van der Waals surface area contributed by atoms with E-state index in [2.05, 4.69) is 15.6 Å². The number of hydrogen-bond acceptors (Lipinski definition) is 2. The van der Waals surface area contributed by atoms with Gasteiger partial charge in [-0.1, -0.05) is 18.2 Å². The van der Waals surface area contributed by atoms with Gasteiger partial charge in [0, 0.05) is 24.7 Å². The molecule has 2 rings (SSSR count). The third-order valence-corrected chi connectivity index (χ3v) is 3.96. The van der Waals surface area contributed by atoms with E-state index in [0.717, 1.165) is 24.5 Å². The van der Waals surface area contributed by atoms with Crippen molar-refractivity contribution in [3.8, 4) is 5.75 Å². The molecule has 140 valence electrons. The van der Waals surface area contributed by atoms with Gasteiger partial charge < -0.3 is 15.7 Å². The molecule has 1 atom stereocenters. The summed E-state index contributed by atoms with van der Waals surface area (Å²) in [6.07, 6.45) is 1.70. The van der Waals surface area contributed by atoms with Gasteiger partial charge in [-0.2, -0.15) is 0 Å². The average Bonchev–Trinajstić information content (AvgIpc) is 2.60. The topological polar surface area (TPSA) is 56.7 Å². The van der Waals surface area contributed by atoms with Gasteiger partial charge in [-0.3, -0.25) is 4.99 Å². The van der Waals surface area contributed by atoms with Gasteiger partial charge >= 0.3 is 0 Å². The number of phenols is 1. The minimum absolute atomic E-state index is 0.257. The molecule has 1 unspecified atom stereocenters. The Labute approximate surface area is 153 Å². The van der Waals surface area contributed by atoms with Gasteiger partial charge in [0.1, 0.15) is 17.4 Å². The van der Waals surface area contributed by atoms with E-state index in [0.29, 0.717) is 24.6 Å². The van der Waals surface area contributed by atoms with Gasteiger partial charge in [0.2, 0.25) is 0 Å². The molecule has 0 radical (unpaired) electrons. The molecule has 0 heterocycles. The number of nitrogens with zero attached hydrogens (tertiary/aromatic N) is 1. The Hall–Kier alpha value is -2.63. The third-order valence-electron chi connectivity index (χ3n) is 3.96. The molecule has 4 nitrogen and oxygen atoms in total. The first kappa shape index (κ1) is 19.7. The van der Waals surface area contributed by atoms with E-state index in [1.165, 1.54) is 12.1 Å². The summed E-state index contributed by atoms with van der Waals surface area (Å²) in [6.45, 7) is 5.05. The molecule has 6 heteroatoms. The van der Waals surface area contributed by atoms with Crippen molar-refractivity contribution < 1.29 is 13.9 Å². The molecule has 2 aromatic rings. The van der Waals surface area contributed by atoms with E-state index in [1.807, 2.05) is 19.1 Å². The summed E-state index contributed by atoms with van der Waals surface area (Å²) < 4.78 is 27.0. The number of aromatic hydroxyl groups is 1.